The molecule has 0 aliphatic carbocycles. The third kappa shape index (κ3) is 2.00. The van der Waals surface area contributed by atoms with Crippen LogP contribution in [0.3, 0.4) is 0 Å². The normalized spacial score (nSPS) is 20.4. The summed E-state index contributed by atoms with van der Waals surface area (Å²) in [7, 11) is 0. The summed E-state index contributed by atoms with van der Waals surface area (Å²) in [5.41, 5.74) is 0.863. The molecule has 1 aromatic rings. The van der Waals surface area contributed by atoms with Gasteiger partial charge in [0.05, 0.1) is 6.42 Å². The van der Waals surface area contributed by atoms with E-state index >= 15 is 0 Å². The summed E-state index contributed by atoms with van der Waals surface area (Å²) in [6.07, 6.45) is -5.41. The van der Waals surface area contributed by atoms with Crippen molar-refractivity contribution in [3.8, 4) is 5.75 Å². The quantitative estimate of drug-likeness (QED) is 0.680. The van der Waals surface area contributed by atoms with Crippen LogP contribution in [0.2, 0.25) is 0 Å². The molecule has 1 aliphatic rings. The number of ether oxygens (including phenoxy) is 1. The van der Waals surface area contributed by atoms with Gasteiger partial charge in [-0.05, 0) is 11.6 Å². The molecular formula is C10H9F3O. The first-order valence-electron chi connectivity index (χ1n) is 4.36. The SMILES string of the molecule is FC(F)(F)CC1Cc2ccccc2O1. The summed E-state index contributed by atoms with van der Waals surface area (Å²) in [6, 6.07) is 7.06. The van der Waals surface area contributed by atoms with Crippen LogP contribution in [0.4, 0.5) is 13.2 Å². The van der Waals surface area contributed by atoms with E-state index in [9.17, 15) is 13.2 Å². The average Bonchev–Trinajstić information content (AvgIpc) is 2.42. The Morgan fingerprint density at radius 2 is 2.00 bits per heavy atom. The van der Waals surface area contributed by atoms with Crippen molar-refractivity contribution in [1.82, 2.24) is 0 Å². The van der Waals surface area contributed by atoms with Crippen LogP contribution < -0.4 is 4.74 Å². The summed E-state index contributed by atoms with van der Waals surface area (Å²) in [5, 5.41) is 0. The van der Waals surface area contributed by atoms with Gasteiger partial charge in [-0.2, -0.15) is 13.2 Å². The van der Waals surface area contributed by atoms with E-state index in [1.807, 2.05) is 0 Å². The third-order valence-electron chi connectivity index (χ3n) is 2.17. The molecule has 1 aromatic carbocycles. The zero-order chi connectivity index (χ0) is 10.2. The van der Waals surface area contributed by atoms with Gasteiger partial charge >= 0.3 is 6.18 Å². The zero-order valence-electron chi connectivity index (χ0n) is 7.34. The predicted octanol–water partition coefficient (Wildman–Crippen LogP) is 2.94. The zero-order valence-corrected chi connectivity index (χ0v) is 7.34. The van der Waals surface area contributed by atoms with Crippen molar-refractivity contribution in [2.45, 2.75) is 25.1 Å². The van der Waals surface area contributed by atoms with Gasteiger partial charge in [-0.15, -0.1) is 0 Å². The maximum absolute atomic E-state index is 12.1. The van der Waals surface area contributed by atoms with Crippen LogP contribution in [0.15, 0.2) is 24.3 Å². The lowest BCUT2D eigenvalue weighted by Crippen LogP contribution is -2.22. The molecule has 1 nitrogen and oxygen atoms in total. The average molecular weight is 202 g/mol. The first-order valence-corrected chi connectivity index (χ1v) is 4.36. The van der Waals surface area contributed by atoms with Gasteiger partial charge in [-0.3, -0.25) is 0 Å². The second-order valence-corrected chi connectivity index (χ2v) is 3.37. The molecule has 0 spiro atoms. The van der Waals surface area contributed by atoms with E-state index in [-0.39, 0.29) is 0 Å². The highest BCUT2D eigenvalue weighted by atomic mass is 19.4. The van der Waals surface area contributed by atoms with Crippen molar-refractivity contribution in [2.24, 2.45) is 0 Å². The Kier molecular flexibility index (Phi) is 2.13. The number of rotatable bonds is 1. The molecule has 1 unspecified atom stereocenters. The number of hydrogen-bond acceptors (Lipinski definition) is 1. The van der Waals surface area contributed by atoms with Gasteiger partial charge < -0.3 is 4.74 Å². The van der Waals surface area contributed by atoms with Crippen LogP contribution in [0, 0.1) is 0 Å². The Balaban J connectivity index is 2.05. The highest BCUT2D eigenvalue weighted by Crippen LogP contribution is 2.33. The van der Waals surface area contributed by atoms with Gasteiger partial charge in [0, 0.05) is 6.42 Å². The minimum Gasteiger partial charge on any atom is -0.489 e. The van der Waals surface area contributed by atoms with Crippen LogP contribution >= 0.6 is 0 Å². The van der Waals surface area contributed by atoms with E-state index in [1.54, 1.807) is 24.3 Å². The Hall–Kier alpha value is -1.19. The molecule has 0 bridgehead atoms. The standard InChI is InChI=1S/C10H9F3O/c11-10(12,13)6-8-5-7-3-1-2-4-9(7)14-8/h1-4,8H,5-6H2. The maximum atomic E-state index is 12.1. The van der Waals surface area contributed by atoms with Crippen molar-refractivity contribution in [3.05, 3.63) is 29.8 Å². The minimum absolute atomic E-state index is 0.357. The molecule has 1 atom stereocenters. The summed E-state index contributed by atoms with van der Waals surface area (Å²) >= 11 is 0. The van der Waals surface area contributed by atoms with Gasteiger partial charge in [0.2, 0.25) is 0 Å². The summed E-state index contributed by atoms with van der Waals surface area (Å²) in [4.78, 5) is 0. The molecule has 0 saturated carbocycles. The van der Waals surface area contributed by atoms with Crippen LogP contribution in [0.25, 0.3) is 0 Å². The largest absolute Gasteiger partial charge is 0.489 e. The lowest BCUT2D eigenvalue weighted by molar-refractivity contribution is -0.148. The fourth-order valence-corrected chi connectivity index (χ4v) is 1.63. The summed E-state index contributed by atoms with van der Waals surface area (Å²) in [5.74, 6) is 0.585. The topological polar surface area (TPSA) is 9.23 Å². The van der Waals surface area contributed by atoms with Crippen LogP contribution in [0.1, 0.15) is 12.0 Å². The molecule has 0 saturated heterocycles. The van der Waals surface area contributed by atoms with Crippen molar-refractivity contribution in [3.63, 3.8) is 0 Å². The smallest absolute Gasteiger partial charge is 0.392 e. The molecule has 0 aromatic heterocycles. The Bertz CT molecular complexity index is 307. The number of fused-ring (bicyclic) bond motifs is 1. The van der Waals surface area contributed by atoms with Gasteiger partial charge in [-0.1, -0.05) is 18.2 Å². The molecule has 0 fully saturated rings. The van der Waals surface area contributed by atoms with E-state index in [4.69, 9.17) is 4.74 Å². The lowest BCUT2D eigenvalue weighted by atomic mass is 10.1. The first kappa shape index (κ1) is 9.37. The van der Waals surface area contributed by atoms with Gasteiger partial charge in [0.1, 0.15) is 11.9 Å². The molecule has 4 heteroatoms. The van der Waals surface area contributed by atoms with Crippen molar-refractivity contribution >= 4 is 0 Å². The Morgan fingerprint density at radius 1 is 1.29 bits per heavy atom. The van der Waals surface area contributed by atoms with Gasteiger partial charge in [-0.25, -0.2) is 0 Å². The molecule has 0 amide bonds. The number of alkyl halides is 3. The van der Waals surface area contributed by atoms with Crippen LogP contribution in [-0.2, 0) is 6.42 Å². The van der Waals surface area contributed by atoms with Crippen molar-refractivity contribution in [2.75, 3.05) is 0 Å². The van der Waals surface area contributed by atoms with Crippen LogP contribution in [0.5, 0.6) is 5.75 Å². The second kappa shape index (κ2) is 3.19. The maximum Gasteiger partial charge on any atom is 0.392 e. The molecule has 2 rings (SSSR count). The minimum atomic E-state index is -4.15. The number of hydrogen-bond donors (Lipinski definition) is 0. The van der Waals surface area contributed by atoms with E-state index < -0.39 is 18.7 Å². The second-order valence-electron chi connectivity index (χ2n) is 3.37. The monoisotopic (exact) mass is 202 g/mol. The van der Waals surface area contributed by atoms with Crippen molar-refractivity contribution in [1.29, 1.82) is 0 Å². The van der Waals surface area contributed by atoms with E-state index in [0.29, 0.717) is 12.2 Å². The summed E-state index contributed by atoms with van der Waals surface area (Å²) in [6.45, 7) is 0. The Morgan fingerprint density at radius 3 is 2.64 bits per heavy atom. The molecule has 76 valence electrons. The lowest BCUT2D eigenvalue weighted by Gasteiger charge is -2.12. The molecule has 14 heavy (non-hydrogen) atoms. The highest BCUT2D eigenvalue weighted by molar-refractivity contribution is 5.37. The third-order valence-corrected chi connectivity index (χ3v) is 2.17. The molecule has 1 aliphatic heterocycles. The van der Waals surface area contributed by atoms with E-state index in [1.165, 1.54) is 0 Å². The van der Waals surface area contributed by atoms with E-state index in [0.717, 1.165) is 5.56 Å². The molecule has 0 N–H and O–H groups in total. The molecule has 0 radical (unpaired) electrons. The van der Waals surface area contributed by atoms with E-state index in [2.05, 4.69) is 0 Å². The predicted molar refractivity (Wildman–Crippen MR) is 45.2 cm³/mol. The fraction of sp³-hybridized carbons (Fsp3) is 0.400. The number of benzene rings is 1. The molecular weight excluding hydrogens is 193 g/mol. The number of halogens is 3. The number of para-hydroxylation sites is 1. The molecule has 1 heterocycles. The van der Waals surface area contributed by atoms with Gasteiger partial charge in [0.15, 0.2) is 0 Å². The van der Waals surface area contributed by atoms with Crippen molar-refractivity contribution < 1.29 is 17.9 Å². The van der Waals surface area contributed by atoms with Gasteiger partial charge in [0.25, 0.3) is 0 Å². The first-order chi connectivity index (χ1) is 6.54. The van der Waals surface area contributed by atoms with Crippen LogP contribution in [-0.4, -0.2) is 12.3 Å². The Labute approximate surface area is 79.5 Å². The summed E-state index contributed by atoms with van der Waals surface area (Å²) < 4.78 is 41.3. The fourth-order valence-electron chi connectivity index (χ4n) is 1.63. The highest BCUT2D eigenvalue weighted by Gasteiger charge is 2.35.